The lowest BCUT2D eigenvalue weighted by atomic mass is 10.1. The maximum Gasteiger partial charge on any atom is 0.131 e. The minimum Gasteiger partial charge on any atom is -0.387 e. The topological polar surface area (TPSA) is 32.7 Å². The summed E-state index contributed by atoms with van der Waals surface area (Å²) in [6, 6.07) is 9.23. The zero-order valence-corrected chi connectivity index (χ0v) is 13.0. The maximum atomic E-state index is 13.8. The molecule has 0 aromatic heterocycles. The van der Waals surface area contributed by atoms with Crippen LogP contribution in [0.25, 0.3) is 0 Å². The minimum absolute atomic E-state index is 0.0706. The van der Waals surface area contributed by atoms with Gasteiger partial charge in [-0.25, -0.2) is 13.2 Å². The predicted octanol–water partition coefficient (Wildman–Crippen LogP) is 3.21. The molecule has 2 unspecified atom stereocenters. The van der Waals surface area contributed by atoms with Gasteiger partial charge in [0.2, 0.25) is 0 Å². The van der Waals surface area contributed by atoms with Gasteiger partial charge < -0.3 is 9.84 Å². The average molecular weight is 337 g/mol. The Bertz CT molecular complexity index is 693. The van der Waals surface area contributed by atoms with Crippen LogP contribution >= 0.6 is 0 Å². The summed E-state index contributed by atoms with van der Waals surface area (Å²) in [6.45, 7) is 1.77. The van der Waals surface area contributed by atoms with Crippen LogP contribution in [-0.2, 0) is 4.74 Å². The van der Waals surface area contributed by atoms with Gasteiger partial charge in [0.25, 0.3) is 0 Å². The van der Waals surface area contributed by atoms with E-state index in [9.17, 15) is 18.3 Å². The first-order chi connectivity index (χ1) is 11.5. The SMILES string of the molecule is OC(CN1CCOC(c2ccc(F)cc2)C1)c1ccc(F)cc1F. The molecule has 2 aromatic rings. The molecule has 128 valence electrons. The fourth-order valence-electron chi connectivity index (χ4n) is 2.86. The highest BCUT2D eigenvalue weighted by atomic mass is 19.1. The van der Waals surface area contributed by atoms with Crippen molar-refractivity contribution in [3.8, 4) is 0 Å². The third-order valence-electron chi connectivity index (χ3n) is 4.14. The molecule has 1 aliphatic heterocycles. The number of rotatable bonds is 4. The fraction of sp³-hybridized carbons (Fsp3) is 0.333. The number of morpholine rings is 1. The van der Waals surface area contributed by atoms with Crippen LogP contribution in [0.4, 0.5) is 13.2 Å². The molecule has 0 saturated carbocycles. The van der Waals surface area contributed by atoms with Crippen molar-refractivity contribution in [2.45, 2.75) is 12.2 Å². The number of halogens is 3. The van der Waals surface area contributed by atoms with Gasteiger partial charge in [0.05, 0.1) is 18.8 Å². The molecule has 0 spiro atoms. The van der Waals surface area contributed by atoms with E-state index in [4.69, 9.17) is 4.74 Å². The lowest BCUT2D eigenvalue weighted by molar-refractivity contribution is -0.0427. The van der Waals surface area contributed by atoms with Crippen LogP contribution in [-0.4, -0.2) is 36.2 Å². The van der Waals surface area contributed by atoms with Gasteiger partial charge in [0, 0.05) is 31.3 Å². The van der Waals surface area contributed by atoms with E-state index in [-0.39, 0.29) is 24.0 Å². The third kappa shape index (κ3) is 3.95. The van der Waals surface area contributed by atoms with Crippen molar-refractivity contribution in [2.75, 3.05) is 26.2 Å². The predicted molar refractivity (Wildman–Crippen MR) is 82.9 cm³/mol. The molecule has 1 N–H and O–H groups in total. The number of aliphatic hydroxyl groups is 1. The van der Waals surface area contributed by atoms with Crippen molar-refractivity contribution in [3.63, 3.8) is 0 Å². The summed E-state index contributed by atoms with van der Waals surface area (Å²) in [4.78, 5) is 1.95. The van der Waals surface area contributed by atoms with E-state index < -0.39 is 17.7 Å². The minimum atomic E-state index is -1.06. The smallest absolute Gasteiger partial charge is 0.131 e. The average Bonchev–Trinajstić information content (AvgIpc) is 2.55. The monoisotopic (exact) mass is 337 g/mol. The summed E-state index contributed by atoms with van der Waals surface area (Å²) in [5.41, 5.74) is 0.921. The van der Waals surface area contributed by atoms with E-state index in [0.29, 0.717) is 19.7 Å². The van der Waals surface area contributed by atoms with E-state index in [1.54, 1.807) is 12.1 Å². The van der Waals surface area contributed by atoms with Gasteiger partial charge in [-0.15, -0.1) is 0 Å². The molecule has 0 bridgehead atoms. The normalized spacial score (nSPS) is 20.1. The number of hydrogen-bond donors (Lipinski definition) is 1. The van der Waals surface area contributed by atoms with E-state index in [1.165, 1.54) is 18.2 Å². The molecule has 0 amide bonds. The largest absolute Gasteiger partial charge is 0.387 e. The molecule has 2 aromatic carbocycles. The second-order valence-corrected chi connectivity index (χ2v) is 5.85. The Labute approximate surface area is 138 Å². The van der Waals surface area contributed by atoms with Gasteiger partial charge >= 0.3 is 0 Å². The lowest BCUT2D eigenvalue weighted by Gasteiger charge is -2.34. The van der Waals surface area contributed by atoms with Crippen LogP contribution in [0, 0.1) is 17.5 Å². The molecule has 3 nitrogen and oxygen atoms in total. The molecule has 0 aliphatic carbocycles. The van der Waals surface area contributed by atoms with Crippen LogP contribution in [0.15, 0.2) is 42.5 Å². The maximum absolute atomic E-state index is 13.8. The number of aliphatic hydroxyl groups excluding tert-OH is 1. The zero-order valence-electron chi connectivity index (χ0n) is 13.0. The Hall–Kier alpha value is -1.89. The van der Waals surface area contributed by atoms with Crippen LogP contribution < -0.4 is 0 Å². The van der Waals surface area contributed by atoms with E-state index >= 15 is 0 Å². The van der Waals surface area contributed by atoms with Gasteiger partial charge in [-0.05, 0) is 23.8 Å². The fourth-order valence-corrected chi connectivity index (χ4v) is 2.86. The Morgan fingerprint density at radius 1 is 1.08 bits per heavy atom. The third-order valence-corrected chi connectivity index (χ3v) is 4.14. The number of ether oxygens (including phenoxy) is 1. The molecular formula is C18H18F3NO2. The molecular weight excluding hydrogens is 319 g/mol. The Morgan fingerprint density at radius 3 is 2.50 bits per heavy atom. The van der Waals surface area contributed by atoms with Crippen molar-refractivity contribution in [3.05, 3.63) is 71.0 Å². The van der Waals surface area contributed by atoms with Crippen molar-refractivity contribution in [2.24, 2.45) is 0 Å². The zero-order chi connectivity index (χ0) is 17.1. The van der Waals surface area contributed by atoms with Crippen molar-refractivity contribution in [1.82, 2.24) is 4.90 Å². The first-order valence-corrected chi connectivity index (χ1v) is 7.75. The highest BCUT2D eigenvalue weighted by molar-refractivity contribution is 5.22. The summed E-state index contributed by atoms with van der Waals surface area (Å²) in [6.07, 6.45) is -1.29. The molecule has 1 saturated heterocycles. The van der Waals surface area contributed by atoms with Gasteiger partial charge in [0.1, 0.15) is 17.5 Å². The number of benzene rings is 2. The molecule has 24 heavy (non-hydrogen) atoms. The number of hydrogen-bond acceptors (Lipinski definition) is 3. The molecule has 1 fully saturated rings. The second kappa shape index (κ2) is 7.34. The van der Waals surface area contributed by atoms with Crippen molar-refractivity contribution >= 4 is 0 Å². The lowest BCUT2D eigenvalue weighted by Crippen LogP contribution is -2.40. The van der Waals surface area contributed by atoms with Gasteiger partial charge in [0.15, 0.2) is 0 Å². The summed E-state index contributed by atoms with van der Waals surface area (Å²) < 4.78 is 45.4. The van der Waals surface area contributed by atoms with E-state index in [2.05, 4.69) is 0 Å². The Balaban J connectivity index is 1.65. The first kappa shape index (κ1) is 17.0. The Kier molecular flexibility index (Phi) is 5.18. The van der Waals surface area contributed by atoms with Crippen molar-refractivity contribution in [1.29, 1.82) is 0 Å². The van der Waals surface area contributed by atoms with E-state index in [0.717, 1.165) is 17.7 Å². The highest BCUT2D eigenvalue weighted by Gasteiger charge is 2.25. The van der Waals surface area contributed by atoms with Crippen LogP contribution in [0.3, 0.4) is 0 Å². The summed E-state index contributed by atoms with van der Waals surface area (Å²) in [7, 11) is 0. The molecule has 2 atom stereocenters. The number of β-amino-alcohol motifs (C(OH)–C–C–N with tert-alkyl or cyclic N) is 1. The molecule has 1 aliphatic rings. The van der Waals surface area contributed by atoms with Crippen LogP contribution in [0.5, 0.6) is 0 Å². The van der Waals surface area contributed by atoms with Crippen LogP contribution in [0.1, 0.15) is 23.3 Å². The standard InChI is InChI=1S/C18H18F3NO2/c19-13-3-1-12(2-4-13)18-11-22(7-8-24-18)10-17(23)15-6-5-14(20)9-16(15)21/h1-6,9,17-18,23H,7-8,10-11H2. The first-order valence-electron chi connectivity index (χ1n) is 7.75. The summed E-state index contributed by atoms with van der Waals surface area (Å²) in [5, 5.41) is 10.2. The molecule has 3 rings (SSSR count). The van der Waals surface area contributed by atoms with Gasteiger partial charge in [-0.3, -0.25) is 4.90 Å². The van der Waals surface area contributed by atoms with E-state index in [1.807, 2.05) is 4.90 Å². The molecule has 1 heterocycles. The van der Waals surface area contributed by atoms with Gasteiger partial charge in [-0.1, -0.05) is 18.2 Å². The second-order valence-electron chi connectivity index (χ2n) is 5.85. The van der Waals surface area contributed by atoms with Gasteiger partial charge in [-0.2, -0.15) is 0 Å². The quantitative estimate of drug-likeness (QED) is 0.930. The molecule has 6 heteroatoms. The highest BCUT2D eigenvalue weighted by Crippen LogP contribution is 2.25. The van der Waals surface area contributed by atoms with Crippen LogP contribution in [0.2, 0.25) is 0 Å². The van der Waals surface area contributed by atoms with Crippen molar-refractivity contribution < 1.29 is 23.0 Å². The molecule has 0 radical (unpaired) electrons. The number of nitrogens with zero attached hydrogens (tertiary/aromatic N) is 1. The Morgan fingerprint density at radius 2 is 1.79 bits per heavy atom. The summed E-state index contributed by atoms with van der Waals surface area (Å²) >= 11 is 0. The summed E-state index contributed by atoms with van der Waals surface area (Å²) in [5.74, 6) is -1.74.